The van der Waals surface area contributed by atoms with E-state index in [1.54, 1.807) is 0 Å². The van der Waals surface area contributed by atoms with Crippen LogP contribution in [0.3, 0.4) is 0 Å². The van der Waals surface area contributed by atoms with Crippen molar-refractivity contribution in [1.82, 2.24) is 9.62 Å². The highest BCUT2D eigenvalue weighted by molar-refractivity contribution is 7.88. The molecular weight excluding hydrogens is 336 g/mol. The number of carbonyl (C=O) groups is 1. The molecule has 25 heavy (non-hydrogen) atoms. The van der Waals surface area contributed by atoms with Crippen LogP contribution in [0, 0.1) is 13.8 Å². The third kappa shape index (κ3) is 5.99. The van der Waals surface area contributed by atoms with E-state index in [0.29, 0.717) is 6.54 Å². The molecule has 0 saturated carbocycles. The molecule has 0 atom stereocenters. The number of sulfonamides is 1. The summed E-state index contributed by atoms with van der Waals surface area (Å²) in [5.74, 6) is -0.319. The van der Waals surface area contributed by atoms with Crippen LogP contribution in [0.25, 0.3) is 0 Å². The number of nitrogens with one attached hydrogen (secondary N) is 1. The van der Waals surface area contributed by atoms with Crippen LogP contribution in [-0.2, 0) is 27.9 Å². The molecule has 5 nitrogen and oxygen atoms in total. The molecule has 0 bridgehead atoms. The monoisotopic (exact) mass is 360 g/mol. The lowest BCUT2D eigenvalue weighted by molar-refractivity contribution is -0.121. The van der Waals surface area contributed by atoms with E-state index in [1.165, 1.54) is 4.31 Å². The summed E-state index contributed by atoms with van der Waals surface area (Å²) in [6.07, 6.45) is 1.12. The van der Waals surface area contributed by atoms with Crippen LogP contribution in [0.15, 0.2) is 48.5 Å². The zero-order valence-electron chi connectivity index (χ0n) is 14.8. The summed E-state index contributed by atoms with van der Waals surface area (Å²) in [4.78, 5) is 12.2. The number of carbonyl (C=O) groups excluding carboxylic acids is 1. The second-order valence-corrected chi connectivity index (χ2v) is 8.21. The van der Waals surface area contributed by atoms with Crippen LogP contribution in [0.2, 0.25) is 0 Å². The number of nitrogens with zero attached hydrogens (tertiary/aromatic N) is 1. The van der Waals surface area contributed by atoms with Crippen LogP contribution < -0.4 is 5.32 Å². The predicted molar refractivity (Wildman–Crippen MR) is 99.5 cm³/mol. The van der Waals surface area contributed by atoms with Gasteiger partial charge in [-0.05, 0) is 30.5 Å². The first kappa shape index (κ1) is 19.1. The van der Waals surface area contributed by atoms with Gasteiger partial charge in [0.05, 0.1) is 12.8 Å². The van der Waals surface area contributed by atoms with Gasteiger partial charge in [0.25, 0.3) is 0 Å². The molecule has 0 spiro atoms. The predicted octanol–water partition coefficient (Wildman–Crippen LogP) is 2.38. The lowest BCUT2D eigenvalue weighted by Gasteiger charge is -2.20. The molecule has 0 heterocycles. The van der Waals surface area contributed by atoms with Gasteiger partial charge in [-0.1, -0.05) is 54.1 Å². The summed E-state index contributed by atoms with van der Waals surface area (Å²) in [6.45, 7) is 4.28. The quantitative estimate of drug-likeness (QED) is 0.824. The summed E-state index contributed by atoms with van der Waals surface area (Å²) in [6, 6.07) is 15.4. The van der Waals surface area contributed by atoms with E-state index in [0.717, 1.165) is 28.5 Å². The highest BCUT2D eigenvalue weighted by Crippen LogP contribution is 2.12. The molecule has 0 fully saturated rings. The van der Waals surface area contributed by atoms with Crippen LogP contribution in [0.5, 0.6) is 0 Å². The highest BCUT2D eigenvalue weighted by atomic mass is 32.2. The summed E-state index contributed by atoms with van der Waals surface area (Å²) < 4.78 is 25.3. The number of amides is 1. The van der Waals surface area contributed by atoms with Crippen molar-refractivity contribution in [3.8, 4) is 0 Å². The minimum atomic E-state index is -3.49. The van der Waals surface area contributed by atoms with E-state index >= 15 is 0 Å². The summed E-state index contributed by atoms with van der Waals surface area (Å²) in [5.41, 5.74) is 3.98. The van der Waals surface area contributed by atoms with Gasteiger partial charge in [-0.25, -0.2) is 8.42 Å². The van der Waals surface area contributed by atoms with E-state index in [1.807, 2.05) is 62.4 Å². The van der Waals surface area contributed by atoms with Crippen molar-refractivity contribution < 1.29 is 13.2 Å². The summed E-state index contributed by atoms with van der Waals surface area (Å²) in [5, 5.41) is 2.78. The Hall–Kier alpha value is -2.18. The average molecular weight is 360 g/mol. The van der Waals surface area contributed by atoms with E-state index < -0.39 is 10.0 Å². The van der Waals surface area contributed by atoms with Crippen molar-refractivity contribution in [3.63, 3.8) is 0 Å². The number of hydrogen-bond donors (Lipinski definition) is 1. The molecule has 0 aliphatic heterocycles. The molecule has 2 aromatic rings. The fraction of sp³-hybridized carbons (Fsp3) is 0.316. The smallest absolute Gasteiger partial charge is 0.235 e. The van der Waals surface area contributed by atoms with Crippen LogP contribution in [0.1, 0.15) is 22.3 Å². The zero-order chi connectivity index (χ0) is 18.4. The molecule has 0 radical (unpaired) electrons. The van der Waals surface area contributed by atoms with Gasteiger partial charge in [-0.2, -0.15) is 4.31 Å². The van der Waals surface area contributed by atoms with E-state index in [9.17, 15) is 13.2 Å². The first-order valence-corrected chi connectivity index (χ1v) is 9.92. The van der Waals surface area contributed by atoms with E-state index in [-0.39, 0.29) is 19.0 Å². The largest absolute Gasteiger partial charge is 0.351 e. The van der Waals surface area contributed by atoms with Crippen molar-refractivity contribution in [2.45, 2.75) is 26.9 Å². The Morgan fingerprint density at radius 3 is 2.44 bits per heavy atom. The minimum Gasteiger partial charge on any atom is -0.351 e. The molecule has 0 aliphatic rings. The first-order valence-electron chi connectivity index (χ1n) is 8.07. The van der Waals surface area contributed by atoms with Gasteiger partial charge in [-0.15, -0.1) is 0 Å². The van der Waals surface area contributed by atoms with Crippen LogP contribution in [-0.4, -0.2) is 31.4 Å². The summed E-state index contributed by atoms with van der Waals surface area (Å²) in [7, 11) is -3.49. The van der Waals surface area contributed by atoms with Gasteiger partial charge in [-0.3, -0.25) is 4.79 Å². The van der Waals surface area contributed by atoms with E-state index in [2.05, 4.69) is 5.32 Å². The molecule has 0 unspecified atom stereocenters. The SMILES string of the molecule is Cc1cccc(CNC(=O)CN(Cc2ccccc2C)S(C)(=O)=O)c1. The van der Waals surface area contributed by atoms with Crippen molar-refractivity contribution in [2.24, 2.45) is 0 Å². The molecule has 6 heteroatoms. The number of benzene rings is 2. The molecule has 0 saturated heterocycles. The second kappa shape index (κ2) is 8.27. The fourth-order valence-corrected chi connectivity index (χ4v) is 3.23. The van der Waals surface area contributed by atoms with Gasteiger partial charge in [0, 0.05) is 13.1 Å². The van der Waals surface area contributed by atoms with Crippen LogP contribution >= 0.6 is 0 Å². The Balaban J connectivity index is 2.02. The Labute approximate surface area is 149 Å². The number of aryl methyl sites for hydroxylation is 2. The maximum absolute atomic E-state index is 12.2. The molecule has 2 aromatic carbocycles. The minimum absolute atomic E-state index is 0.184. The molecule has 2 rings (SSSR count). The Morgan fingerprint density at radius 2 is 1.80 bits per heavy atom. The van der Waals surface area contributed by atoms with E-state index in [4.69, 9.17) is 0 Å². The van der Waals surface area contributed by atoms with Crippen molar-refractivity contribution in [1.29, 1.82) is 0 Å². The first-order chi connectivity index (χ1) is 11.8. The molecule has 0 aromatic heterocycles. The van der Waals surface area contributed by atoms with Gasteiger partial charge in [0.1, 0.15) is 0 Å². The second-order valence-electron chi connectivity index (χ2n) is 6.22. The Bertz CT molecular complexity index is 847. The van der Waals surface area contributed by atoms with Crippen molar-refractivity contribution in [3.05, 3.63) is 70.8 Å². The standard InChI is InChI=1S/C19H24N2O3S/c1-15-7-6-9-17(11-15)12-20-19(22)14-21(25(3,23)24)13-18-10-5-4-8-16(18)2/h4-11H,12-14H2,1-3H3,(H,20,22). The van der Waals surface area contributed by atoms with Gasteiger partial charge in [0.2, 0.25) is 15.9 Å². The van der Waals surface area contributed by atoms with Gasteiger partial charge in [0.15, 0.2) is 0 Å². The normalized spacial score (nSPS) is 11.5. The fourth-order valence-electron chi connectivity index (χ4n) is 2.51. The molecular formula is C19H24N2O3S. The third-order valence-electron chi connectivity index (χ3n) is 3.97. The summed E-state index contributed by atoms with van der Waals surface area (Å²) >= 11 is 0. The lowest BCUT2D eigenvalue weighted by Crippen LogP contribution is -2.39. The average Bonchev–Trinajstić information content (AvgIpc) is 2.53. The third-order valence-corrected chi connectivity index (χ3v) is 5.17. The number of rotatable bonds is 7. The highest BCUT2D eigenvalue weighted by Gasteiger charge is 2.21. The maximum Gasteiger partial charge on any atom is 0.235 e. The topological polar surface area (TPSA) is 66.5 Å². The maximum atomic E-state index is 12.2. The van der Waals surface area contributed by atoms with Crippen LogP contribution in [0.4, 0.5) is 0 Å². The van der Waals surface area contributed by atoms with Crippen molar-refractivity contribution in [2.75, 3.05) is 12.8 Å². The zero-order valence-corrected chi connectivity index (χ0v) is 15.6. The number of hydrogen-bond acceptors (Lipinski definition) is 3. The van der Waals surface area contributed by atoms with Crippen molar-refractivity contribution >= 4 is 15.9 Å². The molecule has 0 aliphatic carbocycles. The Kier molecular flexibility index (Phi) is 6.33. The van der Waals surface area contributed by atoms with Gasteiger partial charge >= 0.3 is 0 Å². The Morgan fingerprint density at radius 1 is 1.08 bits per heavy atom. The molecule has 1 amide bonds. The lowest BCUT2D eigenvalue weighted by atomic mass is 10.1. The molecule has 1 N–H and O–H groups in total. The van der Waals surface area contributed by atoms with Gasteiger partial charge < -0.3 is 5.32 Å². The molecule has 134 valence electrons.